The second kappa shape index (κ2) is 5.18. The van der Waals surface area contributed by atoms with Gasteiger partial charge in [-0.3, -0.25) is 9.59 Å². The Kier molecular flexibility index (Phi) is 3.43. The summed E-state index contributed by atoms with van der Waals surface area (Å²) >= 11 is 0. The lowest BCUT2D eigenvalue weighted by Gasteiger charge is -2.04. The van der Waals surface area contributed by atoms with E-state index >= 15 is 0 Å². The van der Waals surface area contributed by atoms with Crippen molar-refractivity contribution >= 4 is 17.5 Å². The molecule has 2 aromatic rings. The zero-order valence-electron chi connectivity index (χ0n) is 9.55. The average molecular weight is 244 g/mol. The number of carbonyl (C=O) groups excluding carboxylic acids is 2. The van der Waals surface area contributed by atoms with Gasteiger partial charge in [0.2, 0.25) is 11.8 Å². The summed E-state index contributed by atoms with van der Waals surface area (Å²) in [5, 5.41) is 2.70. The smallest absolute Gasteiger partial charge is 0.248 e. The van der Waals surface area contributed by atoms with Gasteiger partial charge in [0.15, 0.2) is 0 Å². The summed E-state index contributed by atoms with van der Waals surface area (Å²) < 4.78 is 5.07. The normalized spacial score (nSPS) is 10.0. The minimum absolute atomic E-state index is 0.171. The topological polar surface area (TPSA) is 85.3 Å². The highest BCUT2D eigenvalue weighted by Gasteiger charge is 2.06. The predicted octanol–water partition coefficient (Wildman–Crippen LogP) is 1.56. The van der Waals surface area contributed by atoms with Crippen LogP contribution in [-0.4, -0.2) is 11.8 Å². The Morgan fingerprint density at radius 3 is 2.44 bits per heavy atom. The van der Waals surface area contributed by atoms with Crippen molar-refractivity contribution < 1.29 is 14.0 Å². The number of benzene rings is 1. The second-order valence-electron chi connectivity index (χ2n) is 3.75. The first-order chi connectivity index (χ1) is 8.65. The Morgan fingerprint density at radius 2 is 1.89 bits per heavy atom. The number of furan rings is 1. The van der Waals surface area contributed by atoms with Gasteiger partial charge < -0.3 is 15.5 Å². The van der Waals surface area contributed by atoms with Gasteiger partial charge in [0.25, 0.3) is 0 Å². The molecule has 92 valence electrons. The summed E-state index contributed by atoms with van der Waals surface area (Å²) in [5.41, 5.74) is 6.13. The van der Waals surface area contributed by atoms with Crippen molar-refractivity contribution in [3.8, 4) is 0 Å². The molecular weight excluding hydrogens is 232 g/mol. The number of amides is 2. The summed E-state index contributed by atoms with van der Waals surface area (Å²) in [6, 6.07) is 9.83. The van der Waals surface area contributed by atoms with E-state index in [-0.39, 0.29) is 12.3 Å². The fourth-order valence-corrected chi connectivity index (χ4v) is 1.49. The number of primary amides is 1. The van der Waals surface area contributed by atoms with Gasteiger partial charge in [-0.05, 0) is 36.4 Å². The SMILES string of the molecule is NC(=O)c1ccc(NC(=O)Cc2ccco2)cc1. The van der Waals surface area contributed by atoms with Gasteiger partial charge in [-0.1, -0.05) is 0 Å². The molecule has 2 amide bonds. The van der Waals surface area contributed by atoms with Crippen molar-refractivity contribution in [3.05, 3.63) is 54.0 Å². The fourth-order valence-electron chi connectivity index (χ4n) is 1.49. The highest BCUT2D eigenvalue weighted by atomic mass is 16.3. The van der Waals surface area contributed by atoms with E-state index in [0.717, 1.165) is 0 Å². The number of nitrogens with two attached hydrogens (primary N) is 1. The largest absolute Gasteiger partial charge is 0.469 e. The van der Waals surface area contributed by atoms with Crippen LogP contribution >= 0.6 is 0 Å². The van der Waals surface area contributed by atoms with E-state index in [1.807, 2.05) is 0 Å². The first kappa shape index (κ1) is 11.9. The van der Waals surface area contributed by atoms with Crippen LogP contribution in [0.2, 0.25) is 0 Å². The molecule has 0 saturated carbocycles. The van der Waals surface area contributed by atoms with Crippen LogP contribution in [0.15, 0.2) is 47.1 Å². The second-order valence-corrected chi connectivity index (χ2v) is 3.75. The van der Waals surface area contributed by atoms with Crippen molar-refractivity contribution in [2.45, 2.75) is 6.42 Å². The molecule has 1 aromatic heterocycles. The lowest BCUT2D eigenvalue weighted by molar-refractivity contribution is -0.115. The molecule has 3 N–H and O–H groups in total. The van der Waals surface area contributed by atoms with E-state index in [1.54, 1.807) is 36.4 Å². The lowest BCUT2D eigenvalue weighted by Crippen LogP contribution is -2.14. The first-order valence-electron chi connectivity index (χ1n) is 5.37. The van der Waals surface area contributed by atoms with Crippen molar-refractivity contribution in [1.29, 1.82) is 0 Å². The van der Waals surface area contributed by atoms with Crippen LogP contribution in [0, 0.1) is 0 Å². The quantitative estimate of drug-likeness (QED) is 0.855. The minimum Gasteiger partial charge on any atom is -0.469 e. The molecule has 0 saturated heterocycles. The van der Waals surface area contributed by atoms with E-state index in [4.69, 9.17) is 10.2 Å². The van der Waals surface area contributed by atoms with Gasteiger partial charge in [0, 0.05) is 11.3 Å². The third-order valence-electron chi connectivity index (χ3n) is 2.37. The maximum absolute atomic E-state index is 11.6. The van der Waals surface area contributed by atoms with Gasteiger partial charge in [0.1, 0.15) is 5.76 Å². The minimum atomic E-state index is -0.497. The van der Waals surface area contributed by atoms with Crippen molar-refractivity contribution in [1.82, 2.24) is 0 Å². The molecule has 5 nitrogen and oxygen atoms in total. The van der Waals surface area contributed by atoms with Gasteiger partial charge in [-0.15, -0.1) is 0 Å². The number of nitrogens with one attached hydrogen (secondary N) is 1. The third-order valence-corrected chi connectivity index (χ3v) is 2.37. The molecule has 0 aliphatic rings. The van der Waals surface area contributed by atoms with Crippen LogP contribution in [0.5, 0.6) is 0 Å². The Morgan fingerprint density at radius 1 is 1.17 bits per heavy atom. The number of hydrogen-bond acceptors (Lipinski definition) is 3. The number of hydrogen-bond donors (Lipinski definition) is 2. The van der Waals surface area contributed by atoms with E-state index < -0.39 is 5.91 Å². The lowest BCUT2D eigenvalue weighted by atomic mass is 10.2. The Hall–Kier alpha value is -2.56. The molecule has 0 bridgehead atoms. The molecule has 0 atom stereocenters. The molecule has 0 radical (unpaired) electrons. The van der Waals surface area contributed by atoms with Crippen LogP contribution in [0.4, 0.5) is 5.69 Å². The Bertz CT molecular complexity index is 544. The number of anilines is 1. The summed E-state index contributed by atoms with van der Waals surface area (Å²) in [7, 11) is 0. The van der Waals surface area contributed by atoms with E-state index in [1.165, 1.54) is 6.26 Å². The summed E-state index contributed by atoms with van der Waals surface area (Å²) in [5.74, 6) is -0.0820. The Balaban J connectivity index is 1.97. The van der Waals surface area contributed by atoms with Crippen LogP contribution in [0.1, 0.15) is 16.1 Å². The van der Waals surface area contributed by atoms with Gasteiger partial charge >= 0.3 is 0 Å². The molecular formula is C13H12N2O3. The van der Waals surface area contributed by atoms with E-state index in [9.17, 15) is 9.59 Å². The number of rotatable bonds is 4. The molecule has 5 heteroatoms. The highest BCUT2D eigenvalue weighted by molar-refractivity contribution is 5.95. The maximum atomic E-state index is 11.6. The fraction of sp³-hybridized carbons (Fsp3) is 0.0769. The molecule has 1 heterocycles. The van der Waals surface area contributed by atoms with Gasteiger partial charge in [-0.25, -0.2) is 0 Å². The van der Waals surface area contributed by atoms with E-state index in [0.29, 0.717) is 17.0 Å². The van der Waals surface area contributed by atoms with Gasteiger partial charge in [0.05, 0.1) is 12.7 Å². The number of carbonyl (C=O) groups is 2. The molecule has 0 unspecified atom stereocenters. The third kappa shape index (κ3) is 2.98. The Labute approximate surface area is 104 Å². The zero-order chi connectivity index (χ0) is 13.0. The first-order valence-corrected chi connectivity index (χ1v) is 5.37. The van der Waals surface area contributed by atoms with Gasteiger partial charge in [-0.2, -0.15) is 0 Å². The molecule has 0 spiro atoms. The summed E-state index contributed by atoms with van der Waals surface area (Å²) in [4.78, 5) is 22.5. The zero-order valence-corrected chi connectivity index (χ0v) is 9.55. The molecule has 1 aromatic carbocycles. The molecule has 2 rings (SSSR count). The standard InChI is InChI=1S/C13H12N2O3/c14-13(17)9-3-5-10(6-4-9)15-12(16)8-11-2-1-7-18-11/h1-7H,8H2,(H2,14,17)(H,15,16). The van der Waals surface area contributed by atoms with Crippen LogP contribution in [0.3, 0.4) is 0 Å². The van der Waals surface area contributed by atoms with Crippen molar-refractivity contribution in [3.63, 3.8) is 0 Å². The predicted molar refractivity (Wildman–Crippen MR) is 66.0 cm³/mol. The van der Waals surface area contributed by atoms with Crippen molar-refractivity contribution in [2.75, 3.05) is 5.32 Å². The maximum Gasteiger partial charge on any atom is 0.248 e. The summed E-state index contributed by atoms with van der Waals surface area (Å²) in [6.45, 7) is 0. The molecule has 0 aliphatic heterocycles. The highest BCUT2D eigenvalue weighted by Crippen LogP contribution is 2.10. The molecule has 0 fully saturated rings. The van der Waals surface area contributed by atoms with Crippen LogP contribution < -0.4 is 11.1 Å². The monoisotopic (exact) mass is 244 g/mol. The van der Waals surface area contributed by atoms with Crippen LogP contribution in [-0.2, 0) is 11.2 Å². The van der Waals surface area contributed by atoms with E-state index in [2.05, 4.69) is 5.32 Å². The average Bonchev–Trinajstić information content (AvgIpc) is 2.82. The van der Waals surface area contributed by atoms with Crippen LogP contribution in [0.25, 0.3) is 0 Å². The summed E-state index contributed by atoms with van der Waals surface area (Å²) in [6.07, 6.45) is 1.69. The van der Waals surface area contributed by atoms with Crippen molar-refractivity contribution in [2.24, 2.45) is 5.73 Å². The molecule has 0 aliphatic carbocycles. The molecule has 18 heavy (non-hydrogen) atoms.